The molecule has 0 aliphatic rings. The van der Waals surface area contributed by atoms with E-state index in [1.807, 2.05) is 0 Å². The zero-order valence-electron chi connectivity index (χ0n) is 7.17. The number of benzene rings is 1. The quantitative estimate of drug-likeness (QED) is 0.741. The lowest BCUT2D eigenvalue weighted by molar-refractivity contribution is 0.0690. The molecule has 1 aromatic rings. The average molecular weight is 200 g/mol. The second kappa shape index (κ2) is 3.53. The number of carbonyl (C=O) groups is 2. The molecule has 74 valence electrons. The van der Waals surface area contributed by atoms with Crippen LogP contribution in [0.2, 0.25) is 0 Å². The van der Waals surface area contributed by atoms with Crippen molar-refractivity contribution in [3.63, 3.8) is 0 Å². The summed E-state index contributed by atoms with van der Waals surface area (Å²) in [5, 5.41) is 8.48. The van der Waals surface area contributed by atoms with Gasteiger partial charge in [-0.2, -0.15) is 0 Å². The van der Waals surface area contributed by atoms with Gasteiger partial charge in [-0.05, 0) is 19.1 Å². The van der Waals surface area contributed by atoms with Crippen LogP contribution in [-0.2, 0) is 0 Å². The summed E-state index contributed by atoms with van der Waals surface area (Å²) in [6.07, 6.45) is 0. The van der Waals surface area contributed by atoms with Gasteiger partial charge in [0.15, 0.2) is 17.4 Å². The van der Waals surface area contributed by atoms with Crippen molar-refractivity contribution in [1.82, 2.24) is 0 Å². The number of halogens is 2. The second-order valence-electron chi connectivity index (χ2n) is 2.68. The van der Waals surface area contributed by atoms with E-state index in [2.05, 4.69) is 0 Å². The lowest BCUT2D eigenvalue weighted by Crippen LogP contribution is -2.06. The van der Waals surface area contributed by atoms with E-state index in [-0.39, 0.29) is 5.56 Å². The van der Waals surface area contributed by atoms with Crippen LogP contribution < -0.4 is 0 Å². The van der Waals surface area contributed by atoms with E-state index < -0.39 is 29.0 Å². The van der Waals surface area contributed by atoms with Crippen LogP contribution in [-0.4, -0.2) is 16.9 Å². The molecule has 1 aromatic carbocycles. The zero-order chi connectivity index (χ0) is 10.9. The largest absolute Gasteiger partial charge is 0.478 e. The Morgan fingerprint density at radius 3 is 2.29 bits per heavy atom. The van der Waals surface area contributed by atoms with Crippen molar-refractivity contribution < 1.29 is 23.5 Å². The molecule has 0 aromatic heterocycles. The summed E-state index contributed by atoms with van der Waals surface area (Å²) in [5.41, 5.74) is -1.00. The van der Waals surface area contributed by atoms with Gasteiger partial charge in [-0.1, -0.05) is 0 Å². The maximum absolute atomic E-state index is 12.8. The zero-order valence-corrected chi connectivity index (χ0v) is 7.17. The van der Waals surface area contributed by atoms with Crippen molar-refractivity contribution in [2.75, 3.05) is 0 Å². The van der Waals surface area contributed by atoms with Crippen molar-refractivity contribution in [2.24, 2.45) is 0 Å². The van der Waals surface area contributed by atoms with E-state index in [1.165, 1.54) is 0 Å². The summed E-state index contributed by atoms with van der Waals surface area (Å²) in [7, 11) is 0. The van der Waals surface area contributed by atoms with Crippen LogP contribution in [0.25, 0.3) is 0 Å². The number of Topliss-reactive ketones (excluding diaryl/α,β-unsaturated/α-hetero) is 1. The SMILES string of the molecule is CC(=O)c1cc(F)c(F)c(C(=O)O)c1. The van der Waals surface area contributed by atoms with Gasteiger partial charge in [0.2, 0.25) is 0 Å². The fourth-order valence-corrected chi connectivity index (χ4v) is 0.948. The first kappa shape index (κ1) is 10.3. The fraction of sp³-hybridized carbons (Fsp3) is 0.111. The third kappa shape index (κ3) is 1.76. The monoisotopic (exact) mass is 200 g/mol. The molecule has 14 heavy (non-hydrogen) atoms. The number of ketones is 1. The third-order valence-corrected chi connectivity index (χ3v) is 1.67. The van der Waals surface area contributed by atoms with E-state index in [4.69, 9.17) is 5.11 Å². The summed E-state index contributed by atoms with van der Waals surface area (Å²) in [4.78, 5) is 21.2. The molecule has 0 saturated carbocycles. The highest BCUT2D eigenvalue weighted by molar-refractivity contribution is 5.97. The van der Waals surface area contributed by atoms with E-state index in [1.54, 1.807) is 0 Å². The second-order valence-corrected chi connectivity index (χ2v) is 2.68. The summed E-state index contributed by atoms with van der Waals surface area (Å²) < 4.78 is 25.6. The van der Waals surface area contributed by atoms with Crippen molar-refractivity contribution >= 4 is 11.8 Å². The topological polar surface area (TPSA) is 54.4 Å². The minimum Gasteiger partial charge on any atom is -0.478 e. The number of aromatic carboxylic acids is 1. The molecule has 0 aliphatic heterocycles. The molecule has 0 fully saturated rings. The van der Waals surface area contributed by atoms with Crippen molar-refractivity contribution in [1.29, 1.82) is 0 Å². The molecule has 0 amide bonds. The Hall–Kier alpha value is -1.78. The van der Waals surface area contributed by atoms with Gasteiger partial charge in [0.1, 0.15) is 0 Å². The van der Waals surface area contributed by atoms with Gasteiger partial charge in [0.25, 0.3) is 0 Å². The summed E-state index contributed by atoms with van der Waals surface area (Å²) in [6, 6.07) is 1.48. The van der Waals surface area contributed by atoms with Crippen LogP contribution in [0.5, 0.6) is 0 Å². The van der Waals surface area contributed by atoms with Crippen LogP contribution in [0.3, 0.4) is 0 Å². The van der Waals surface area contributed by atoms with Crippen molar-refractivity contribution in [3.8, 4) is 0 Å². The van der Waals surface area contributed by atoms with Gasteiger partial charge < -0.3 is 5.11 Å². The highest BCUT2D eigenvalue weighted by Crippen LogP contribution is 2.15. The number of carbonyl (C=O) groups excluding carboxylic acids is 1. The molecular weight excluding hydrogens is 194 g/mol. The molecule has 0 saturated heterocycles. The van der Waals surface area contributed by atoms with Crippen LogP contribution >= 0.6 is 0 Å². The Labute approximate surface area is 78.0 Å². The normalized spacial score (nSPS) is 9.93. The van der Waals surface area contributed by atoms with E-state index in [0.717, 1.165) is 13.0 Å². The number of rotatable bonds is 2. The minimum absolute atomic E-state index is 0.165. The summed E-state index contributed by atoms with van der Waals surface area (Å²) >= 11 is 0. The van der Waals surface area contributed by atoms with Gasteiger partial charge in [-0.15, -0.1) is 0 Å². The maximum atomic E-state index is 12.8. The highest BCUT2D eigenvalue weighted by atomic mass is 19.2. The average Bonchev–Trinajstić information content (AvgIpc) is 2.08. The fourth-order valence-electron chi connectivity index (χ4n) is 0.948. The molecule has 0 spiro atoms. The van der Waals surface area contributed by atoms with Crippen LogP contribution in [0.15, 0.2) is 12.1 Å². The lowest BCUT2D eigenvalue weighted by atomic mass is 10.1. The predicted octanol–water partition coefficient (Wildman–Crippen LogP) is 1.87. The molecule has 0 radical (unpaired) electrons. The Morgan fingerprint density at radius 2 is 1.86 bits per heavy atom. The number of carboxylic acids is 1. The Balaban J connectivity index is 3.43. The van der Waals surface area contributed by atoms with E-state index in [9.17, 15) is 18.4 Å². The molecular formula is C9H6F2O3. The first-order valence-corrected chi connectivity index (χ1v) is 3.66. The molecule has 3 nitrogen and oxygen atoms in total. The molecule has 0 heterocycles. The summed E-state index contributed by atoms with van der Waals surface area (Å²) in [6.45, 7) is 1.14. The van der Waals surface area contributed by atoms with Crippen LogP contribution in [0, 0.1) is 11.6 Å². The standard InChI is InChI=1S/C9H6F2O3/c1-4(12)5-2-6(9(13)14)8(11)7(10)3-5/h2-3H,1H3,(H,13,14). The highest BCUT2D eigenvalue weighted by Gasteiger charge is 2.17. The number of hydrogen-bond donors (Lipinski definition) is 1. The van der Waals surface area contributed by atoms with Crippen molar-refractivity contribution in [3.05, 3.63) is 34.9 Å². The summed E-state index contributed by atoms with van der Waals surface area (Å²) in [5.74, 6) is -4.92. The van der Waals surface area contributed by atoms with Crippen LogP contribution in [0.1, 0.15) is 27.6 Å². The smallest absolute Gasteiger partial charge is 0.338 e. The Bertz CT molecular complexity index is 413. The molecule has 1 N–H and O–H groups in total. The van der Waals surface area contributed by atoms with Gasteiger partial charge in [-0.25, -0.2) is 13.6 Å². The molecule has 0 atom stereocenters. The van der Waals surface area contributed by atoms with Gasteiger partial charge in [0.05, 0.1) is 5.56 Å². The Morgan fingerprint density at radius 1 is 1.29 bits per heavy atom. The van der Waals surface area contributed by atoms with E-state index >= 15 is 0 Å². The van der Waals surface area contributed by atoms with Gasteiger partial charge >= 0.3 is 5.97 Å². The minimum atomic E-state index is -1.61. The maximum Gasteiger partial charge on any atom is 0.338 e. The molecule has 0 bridgehead atoms. The molecule has 1 rings (SSSR count). The molecule has 5 heteroatoms. The third-order valence-electron chi connectivity index (χ3n) is 1.67. The Kier molecular flexibility index (Phi) is 2.60. The molecule has 0 aliphatic carbocycles. The predicted molar refractivity (Wildman–Crippen MR) is 43.3 cm³/mol. The lowest BCUT2D eigenvalue weighted by Gasteiger charge is -2.01. The van der Waals surface area contributed by atoms with Gasteiger partial charge in [0, 0.05) is 5.56 Å². The van der Waals surface area contributed by atoms with E-state index in [0.29, 0.717) is 6.07 Å². The van der Waals surface area contributed by atoms with Crippen LogP contribution in [0.4, 0.5) is 8.78 Å². The molecule has 0 unspecified atom stereocenters. The number of hydrogen-bond acceptors (Lipinski definition) is 2. The van der Waals surface area contributed by atoms with Gasteiger partial charge in [-0.3, -0.25) is 4.79 Å². The first-order chi connectivity index (χ1) is 6.43. The first-order valence-electron chi connectivity index (χ1n) is 3.66. The van der Waals surface area contributed by atoms with Crippen molar-refractivity contribution in [2.45, 2.75) is 6.92 Å². The number of carboxylic acid groups (broad SMARTS) is 1.